The van der Waals surface area contributed by atoms with Crippen LogP contribution in [0.15, 0.2) is 18.2 Å². The molecule has 4 amide bonds. The van der Waals surface area contributed by atoms with Crippen LogP contribution in [0.2, 0.25) is 0 Å². The molecule has 1 unspecified atom stereocenters. The van der Waals surface area contributed by atoms with E-state index in [0.29, 0.717) is 5.56 Å². The fourth-order valence-electron chi connectivity index (χ4n) is 2.36. The van der Waals surface area contributed by atoms with E-state index < -0.39 is 42.2 Å². The predicted octanol–water partition coefficient (Wildman–Crippen LogP) is 0.267. The Hall–Kier alpha value is -3.01. The number of carbonyl (C=O) groups excluding carboxylic acids is 4. The van der Waals surface area contributed by atoms with E-state index in [2.05, 4.69) is 10.6 Å². The Kier molecular flexibility index (Phi) is 6.61. The van der Waals surface area contributed by atoms with Gasteiger partial charge in [0.25, 0.3) is 5.91 Å². The van der Waals surface area contributed by atoms with Crippen LogP contribution in [0.1, 0.15) is 17.9 Å². The fourth-order valence-corrected chi connectivity index (χ4v) is 2.36. The molecule has 0 aromatic heterocycles. The van der Waals surface area contributed by atoms with Gasteiger partial charge in [-0.3, -0.25) is 19.7 Å². The van der Waals surface area contributed by atoms with Gasteiger partial charge in [0, 0.05) is 25.8 Å². The quantitative estimate of drug-likeness (QED) is 0.490. The summed E-state index contributed by atoms with van der Waals surface area (Å²) in [4.78, 5) is 46.9. The SMILES string of the molecule is COCCNC(=O)NC(=O)COC(=O)C1CC(=O)Nc2cc(F)ccc21. The summed E-state index contributed by atoms with van der Waals surface area (Å²) < 4.78 is 22.9. The van der Waals surface area contributed by atoms with Crippen molar-refractivity contribution in [2.75, 3.05) is 32.2 Å². The number of hydrogen-bond donors (Lipinski definition) is 3. The van der Waals surface area contributed by atoms with Crippen molar-refractivity contribution in [3.05, 3.63) is 29.6 Å². The number of methoxy groups -OCH3 is 1. The summed E-state index contributed by atoms with van der Waals surface area (Å²) >= 11 is 0. The number of anilines is 1. The van der Waals surface area contributed by atoms with Crippen LogP contribution in [0.4, 0.5) is 14.9 Å². The summed E-state index contributed by atoms with van der Waals surface area (Å²) in [6.07, 6.45) is -0.184. The Morgan fingerprint density at radius 3 is 2.85 bits per heavy atom. The average Bonchev–Trinajstić information content (AvgIpc) is 2.58. The Labute approximate surface area is 148 Å². The smallest absolute Gasteiger partial charge is 0.321 e. The Balaban J connectivity index is 1.89. The molecule has 140 valence electrons. The monoisotopic (exact) mass is 367 g/mol. The number of rotatable bonds is 6. The van der Waals surface area contributed by atoms with E-state index in [0.717, 1.165) is 12.1 Å². The minimum absolute atomic E-state index is 0.184. The van der Waals surface area contributed by atoms with Gasteiger partial charge in [0.15, 0.2) is 6.61 Å². The second-order valence-electron chi connectivity index (χ2n) is 5.44. The van der Waals surface area contributed by atoms with Gasteiger partial charge >= 0.3 is 12.0 Å². The molecule has 0 aliphatic carbocycles. The Bertz CT molecular complexity index is 724. The zero-order valence-electron chi connectivity index (χ0n) is 14.0. The van der Waals surface area contributed by atoms with Gasteiger partial charge in [-0.15, -0.1) is 0 Å². The van der Waals surface area contributed by atoms with Crippen LogP contribution in [0, 0.1) is 5.82 Å². The summed E-state index contributed by atoms with van der Waals surface area (Å²) in [6, 6.07) is 2.89. The molecular formula is C16H18FN3O6. The van der Waals surface area contributed by atoms with Gasteiger partial charge in [-0.25, -0.2) is 9.18 Å². The van der Waals surface area contributed by atoms with Gasteiger partial charge in [-0.1, -0.05) is 6.07 Å². The first-order valence-corrected chi connectivity index (χ1v) is 7.73. The van der Waals surface area contributed by atoms with Gasteiger partial charge in [0.1, 0.15) is 5.82 Å². The van der Waals surface area contributed by atoms with E-state index in [1.165, 1.54) is 13.2 Å². The first-order valence-electron chi connectivity index (χ1n) is 7.73. The van der Waals surface area contributed by atoms with E-state index in [9.17, 15) is 23.6 Å². The number of carbonyl (C=O) groups is 4. The summed E-state index contributed by atoms with van der Waals surface area (Å²) in [7, 11) is 1.46. The predicted molar refractivity (Wildman–Crippen MR) is 86.8 cm³/mol. The van der Waals surface area contributed by atoms with E-state index in [4.69, 9.17) is 9.47 Å². The lowest BCUT2D eigenvalue weighted by Gasteiger charge is -2.24. The lowest BCUT2D eigenvalue weighted by Crippen LogP contribution is -2.42. The first-order chi connectivity index (χ1) is 12.4. The third-order valence-corrected chi connectivity index (χ3v) is 3.53. The highest BCUT2D eigenvalue weighted by Gasteiger charge is 2.32. The number of halogens is 1. The second kappa shape index (κ2) is 8.90. The molecule has 1 aliphatic heterocycles. The van der Waals surface area contributed by atoms with E-state index in [1.807, 2.05) is 5.32 Å². The molecule has 9 nitrogen and oxygen atoms in total. The molecule has 2 rings (SSSR count). The van der Waals surface area contributed by atoms with Gasteiger partial charge in [0.2, 0.25) is 5.91 Å². The summed E-state index contributed by atoms with van der Waals surface area (Å²) in [6.45, 7) is -0.203. The van der Waals surface area contributed by atoms with Gasteiger partial charge < -0.3 is 20.1 Å². The van der Waals surface area contributed by atoms with Crippen LogP contribution >= 0.6 is 0 Å². The molecule has 0 saturated carbocycles. The minimum atomic E-state index is -0.956. The lowest BCUT2D eigenvalue weighted by molar-refractivity contribution is -0.150. The van der Waals surface area contributed by atoms with Crippen molar-refractivity contribution < 1.29 is 33.0 Å². The molecule has 1 aromatic carbocycles. The maximum Gasteiger partial charge on any atom is 0.321 e. The van der Waals surface area contributed by atoms with Crippen LogP contribution < -0.4 is 16.0 Å². The second-order valence-corrected chi connectivity index (χ2v) is 5.44. The standard InChI is InChI=1S/C16H18FN3O6/c1-25-5-4-18-16(24)20-14(22)8-26-15(23)11-7-13(21)19-12-6-9(17)2-3-10(11)12/h2-3,6,11H,4-5,7-8H2,1H3,(H,19,21)(H2,18,20,22,24). The molecule has 1 heterocycles. The van der Waals surface area contributed by atoms with E-state index >= 15 is 0 Å². The van der Waals surface area contributed by atoms with Crippen molar-refractivity contribution in [3.8, 4) is 0 Å². The number of ether oxygens (including phenoxy) is 2. The Morgan fingerprint density at radius 2 is 2.12 bits per heavy atom. The topological polar surface area (TPSA) is 123 Å². The number of imide groups is 1. The highest BCUT2D eigenvalue weighted by atomic mass is 19.1. The average molecular weight is 367 g/mol. The normalized spacial score (nSPS) is 15.5. The number of esters is 1. The van der Waals surface area contributed by atoms with Crippen LogP contribution in [0.25, 0.3) is 0 Å². The molecule has 0 saturated heterocycles. The Morgan fingerprint density at radius 1 is 1.35 bits per heavy atom. The lowest BCUT2D eigenvalue weighted by atomic mass is 9.90. The molecular weight excluding hydrogens is 349 g/mol. The number of nitrogens with one attached hydrogen (secondary N) is 3. The third-order valence-electron chi connectivity index (χ3n) is 3.53. The maximum absolute atomic E-state index is 13.3. The highest BCUT2D eigenvalue weighted by molar-refractivity contribution is 6.00. The molecule has 1 aliphatic rings. The van der Waals surface area contributed by atoms with Crippen LogP contribution in [0.5, 0.6) is 0 Å². The molecule has 0 fully saturated rings. The largest absolute Gasteiger partial charge is 0.455 e. The maximum atomic E-state index is 13.3. The molecule has 10 heteroatoms. The molecule has 1 aromatic rings. The van der Waals surface area contributed by atoms with Crippen LogP contribution in [-0.4, -0.2) is 50.7 Å². The van der Waals surface area contributed by atoms with Crippen LogP contribution in [-0.2, 0) is 23.9 Å². The molecule has 1 atom stereocenters. The zero-order chi connectivity index (χ0) is 19.1. The van der Waals surface area contributed by atoms with Gasteiger partial charge in [-0.2, -0.15) is 0 Å². The van der Waals surface area contributed by atoms with Crippen molar-refractivity contribution in [3.63, 3.8) is 0 Å². The summed E-state index contributed by atoms with van der Waals surface area (Å²) in [5, 5.41) is 6.82. The van der Waals surface area contributed by atoms with Crippen molar-refractivity contribution in [2.45, 2.75) is 12.3 Å². The number of hydrogen-bond acceptors (Lipinski definition) is 6. The number of urea groups is 1. The van der Waals surface area contributed by atoms with E-state index in [1.54, 1.807) is 0 Å². The number of fused-ring (bicyclic) bond motifs is 1. The molecule has 26 heavy (non-hydrogen) atoms. The minimum Gasteiger partial charge on any atom is -0.455 e. The summed E-state index contributed by atoms with van der Waals surface area (Å²) in [5.41, 5.74) is 0.582. The first kappa shape index (κ1) is 19.3. The van der Waals surface area contributed by atoms with Crippen molar-refractivity contribution in [1.29, 1.82) is 0 Å². The molecule has 0 radical (unpaired) electrons. The number of benzene rings is 1. The summed E-state index contributed by atoms with van der Waals surface area (Å²) in [5.74, 6) is -3.62. The molecule has 0 spiro atoms. The zero-order valence-corrected chi connectivity index (χ0v) is 14.0. The molecule has 3 N–H and O–H groups in total. The van der Waals surface area contributed by atoms with Crippen LogP contribution in [0.3, 0.4) is 0 Å². The van der Waals surface area contributed by atoms with Crippen molar-refractivity contribution in [2.24, 2.45) is 0 Å². The highest BCUT2D eigenvalue weighted by Crippen LogP contribution is 2.33. The van der Waals surface area contributed by atoms with Crippen molar-refractivity contribution >= 4 is 29.5 Å². The van der Waals surface area contributed by atoms with Gasteiger partial charge in [-0.05, 0) is 17.7 Å². The molecule has 0 bridgehead atoms. The number of amides is 4. The van der Waals surface area contributed by atoms with Crippen molar-refractivity contribution in [1.82, 2.24) is 10.6 Å². The third kappa shape index (κ3) is 5.24. The van der Waals surface area contributed by atoms with E-state index in [-0.39, 0.29) is 25.3 Å². The fraction of sp³-hybridized carbons (Fsp3) is 0.375. The van der Waals surface area contributed by atoms with Gasteiger partial charge in [0.05, 0.1) is 12.5 Å².